The number of halogens is 2. The number of nitrogens with zero attached hydrogens (tertiary/aromatic N) is 2. The van der Waals surface area contributed by atoms with Crippen molar-refractivity contribution in [2.45, 2.75) is 46.7 Å². The Morgan fingerprint density at radius 2 is 1.84 bits per heavy atom. The van der Waals surface area contributed by atoms with Gasteiger partial charge in [0.05, 0.1) is 12.2 Å². The van der Waals surface area contributed by atoms with E-state index >= 15 is 0 Å². The molecule has 0 fully saturated rings. The first kappa shape index (κ1) is 21.8. The molecule has 1 aromatic carbocycles. The molecule has 0 unspecified atom stereocenters. The minimum absolute atomic E-state index is 0. The van der Waals surface area contributed by atoms with Crippen LogP contribution in [0.5, 0.6) is 0 Å². The Morgan fingerprint density at radius 3 is 2.44 bits per heavy atom. The highest BCUT2D eigenvalue weighted by atomic mass is 127. The van der Waals surface area contributed by atoms with Crippen LogP contribution in [0.4, 0.5) is 0 Å². The van der Waals surface area contributed by atoms with E-state index in [4.69, 9.17) is 16.1 Å². The number of aryl methyl sites for hydroxylation is 2. The molecular weight excluding hydrogens is 451 g/mol. The topological polar surface area (TPSA) is 62.5 Å². The first-order valence-corrected chi connectivity index (χ1v) is 8.78. The summed E-state index contributed by atoms with van der Waals surface area (Å²) in [5.41, 5.74) is 3.26. The van der Waals surface area contributed by atoms with E-state index in [1.54, 1.807) is 0 Å². The fraction of sp³-hybridized carbons (Fsp3) is 0.444. The minimum atomic E-state index is 0. The lowest BCUT2D eigenvalue weighted by Crippen LogP contribution is -2.37. The summed E-state index contributed by atoms with van der Waals surface area (Å²) in [6, 6.07) is 7.73. The molecule has 0 aliphatic carbocycles. The lowest BCUT2D eigenvalue weighted by molar-refractivity contribution is 0.380. The monoisotopic (exact) mass is 476 g/mol. The Balaban J connectivity index is 0.00000312. The van der Waals surface area contributed by atoms with E-state index in [1.807, 2.05) is 31.2 Å². The average molecular weight is 477 g/mol. The van der Waals surface area contributed by atoms with E-state index in [-0.39, 0.29) is 24.0 Å². The van der Waals surface area contributed by atoms with Gasteiger partial charge in [0.25, 0.3) is 0 Å². The van der Waals surface area contributed by atoms with Crippen LogP contribution in [0.15, 0.2) is 33.8 Å². The third-order valence-electron chi connectivity index (χ3n) is 3.72. The standard InChI is InChI=1S/C18H25ClN4O.HI/c1-4-16-15(17(5-2)24-23-16)12-22-18(20-6-3)21-11-13-7-9-14(19)10-8-13;/h7-10H,4-6,11-12H2,1-3H3,(H2,20,21,22);1H. The predicted octanol–water partition coefficient (Wildman–Crippen LogP) is 4.33. The quantitative estimate of drug-likeness (QED) is 0.355. The molecule has 2 aromatic rings. The molecule has 0 radical (unpaired) electrons. The number of rotatable bonds is 7. The zero-order valence-corrected chi connectivity index (χ0v) is 18.0. The van der Waals surface area contributed by atoms with Gasteiger partial charge in [-0.15, -0.1) is 24.0 Å². The van der Waals surface area contributed by atoms with E-state index in [9.17, 15) is 0 Å². The Bertz CT molecular complexity index is 649. The van der Waals surface area contributed by atoms with Crippen molar-refractivity contribution in [2.75, 3.05) is 6.54 Å². The third-order valence-corrected chi connectivity index (χ3v) is 3.97. The number of aromatic nitrogens is 1. The molecule has 0 bridgehead atoms. The van der Waals surface area contributed by atoms with Gasteiger partial charge in [0.15, 0.2) is 5.96 Å². The largest absolute Gasteiger partial charge is 0.361 e. The van der Waals surface area contributed by atoms with Crippen molar-refractivity contribution in [3.8, 4) is 0 Å². The summed E-state index contributed by atoms with van der Waals surface area (Å²) < 4.78 is 5.41. The van der Waals surface area contributed by atoms with Gasteiger partial charge in [0.1, 0.15) is 5.76 Å². The van der Waals surface area contributed by atoms with Crippen LogP contribution in [-0.2, 0) is 25.9 Å². The number of guanidine groups is 1. The molecule has 5 nitrogen and oxygen atoms in total. The van der Waals surface area contributed by atoms with Crippen molar-refractivity contribution in [3.63, 3.8) is 0 Å². The summed E-state index contributed by atoms with van der Waals surface area (Å²) in [7, 11) is 0. The number of hydrogen-bond donors (Lipinski definition) is 2. The molecule has 25 heavy (non-hydrogen) atoms. The molecule has 0 saturated heterocycles. The molecule has 0 saturated carbocycles. The SMILES string of the molecule is CCNC(=NCc1ccc(Cl)cc1)NCc1c(CC)noc1CC.I. The maximum absolute atomic E-state index is 5.91. The fourth-order valence-corrected chi connectivity index (χ4v) is 2.54. The van der Waals surface area contributed by atoms with Crippen molar-refractivity contribution in [3.05, 3.63) is 51.9 Å². The van der Waals surface area contributed by atoms with E-state index in [2.05, 4.69) is 34.6 Å². The van der Waals surface area contributed by atoms with Crippen molar-refractivity contribution < 1.29 is 4.52 Å². The summed E-state index contributed by atoms with van der Waals surface area (Å²) in [5.74, 6) is 1.71. The van der Waals surface area contributed by atoms with Crippen LogP contribution in [0, 0.1) is 0 Å². The van der Waals surface area contributed by atoms with Crippen LogP contribution in [0.3, 0.4) is 0 Å². The summed E-state index contributed by atoms with van der Waals surface area (Å²) in [6.45, 7) is 8.26. The van der Waals surface area contributed by atoms with E-state index in [0.717, 1.165) is 52.9 Å². The molecule has 0 aliphatic heterocycles. The third kappa shape index (κ3) is 6.51. The fourth-order valence-electron chi connectivity index (χ4n) is 2.41. The summed E-state index contributed by atoms with van der Waals surface area (Å²) in [6.07, 6.45) is 1.70. The van der Waals surface area contributed by atoms with Crippen LogP contribution < -0.4 is 10.6 Å². The van der Waals surface area contributed by atoms with Gasteiger partial charge in [-0.3, -0.25) is 0 Å². The molecule has 1 aromatic heterocycles. The number of aliphatic imine (C=N–C) groups is 1. The van der Waals surface area contributed by atoms with E-state index in [0.29, 0.717) is 13.1 Å². The minimum Gasteiger partial charge on any atom is -0.361 e. The van der Waals surface area contributed by atoms with Gasteiger partial charge in [-0.05, 0) is 31.0 Å². The van der Waals surface area contributed by atoms with Crippen molar-refractivity contribution in [1.82, 2.24) is 15.8 Å². The van der Waals surface area contributed by atoms with Crippen molar-refractivity contribution >= 4 is 41.5 Å². The van der Waals surface area contributed by atoms with Crippen LogP contribution in [0.2, 0.25) is 5.02 Å². The summed E-state index contributed by atoms with van der Waals surface area (Å²) in [5, 5.41) is 11.5. The Morgan fingerprint density at radius 1 is 1.12 bits per heavy atom. The molecule has 1 heterocycles. The van der Waals surface area contributed by atoms with Crippen LogP contribution >= 0.6 is 35.6 Å². The van der Waals surface area contributed by atoms with Gasteiger partial charge >= 0.3 is 0 Å². The number of hydrogen-bond acceptors (Lipinski definition) is 3. The lowest BCUT2D eigenvalue weighted by atomic mass is 10.1. The van der Waals surface area contributed by atoms with Crippen LogP contribution in [-0.4, -0.2) is 17.7 Å². The first-order valence-electron chi connectivity index (χ1n) is 8.40. The molecule has 7 heteroatoms. The first-order chi connectivity index (χ1) is 11.7. The second-order valence-electron chi connectivity index (χ2n) is 5.41. The highest BCUT2D eigenvalue weighted by molar-refractivity contribution is 14.0. The maximum Gasteiger partial charge on any atom is 0.191 e. The average Bonchev–Trinajstić information content (AvgIpc) is 3.00. The Hall–Kier alpha value is -1.28. The van der Waals surface area contributed by atoms with Gasteiger partial charge in [-0.2, -0.15) is 0 Å². The van der Waals surface area contributed by atoms with Gasteiger partial charge in [-0.25, -0.2) is 4.99 Å². The molecule has 0 spiro atoms. The predicted molar refractivity (Wildman–Crippen MR) is 114 cm³/mol. The summed E-state index contributed by atoms with van der Waals surface area (Å²) in [4.78, 5) is 4.62. The Labute approximate surface area is 171 Å². The zero-order chi connectivity index (χ0) is 17.4. The van der Waals surface area contributed by atoms with Crippen molar-refractivity contribution in [1.29, 1.82) is 0 Å². The molecular formula is C18H26ClIN4O. The molecule has 138 valence electrons. The van der Waals surface area contributed by atoms with Crippen LogP contribution in [0.1, 0.15) is 43.4 Å². The summed E-state index contributed by atoms with van der Waals surface area (Å²) >= 11 is 5.91. The highest BCUT2D eigenvalue weighted by Gasteiger charge is 2.13. The van der Waals surface area contributed by atoms with Crippen LogP contribution in [0.25, 0.3) is 0 Å². The van der Waals surface area contributed by atoms with Gasteiger partial charge in [0, 0.05) is 30.1 Å². The van der Waals surface area contributed by atoms with Gasteiger partial charge < -0.3 is 15.2 Å². The molecule has 2 N–H and O–H groups in total. The highest BCUT2D eigenvalue weighted by Crippen LogP contribution is 2.15. The maximum atomic E-state index is 5.91. The molecule has 2 rings (SSSR count). The normalized spacial score (nSPS) is 11.1. The Kier molecular flexibility index (Phi) is 9.89. The van der Waals surface area contributed by atoms with Gasteiger partial charge in [-0.1, -0.05) is 42.7 Å². The second kappa shape index (κ2) is 11.4. The van der Waals surface area contributed by atoms with E-state index < -0.39 is 0 Å². The number of nitrogens with one attached hydrogen (secondary N) is 2. The van der Waals surface area contributed by atoms with Gasteiger partial charge in [0.2, 0.25) is 0 Å². The lowest BCUT2D eigenvalue weighted by Gasteiger charge is -2.11. The molecule has 0 aliphatic rings. The molecule has 0 amide bonds. The number of benzene rings is 1. The van der Waals surface area contributed by atoms with E-state index in [1.165, 1.54) is 0 Å². The molecule has 0 atom stereocenters. The van der Waals surface area contributed by atoms with Crippen molar-refractivity contribution in [2.24, 2.45) is 4.99 Å². The zero-order valence-electron chi connectivity index (χ0n) is 14.9. The smallest absolute Gasteiger partial charge is 0.191 e. The second-order valence-corrected chi connectivity index (χ2v) is 5.85.